The zero-order chi connectivity index (χ0) is 16.9. The SMILES string of the molecule is CCC1CCCCN1C(=O)c1cc(N2CCCCC2CC)ncn1. The summed E-state index contributed by atoms with van der Waals surface area (Å²) < 4.78 is 0. The minimum absolute atomic E-state index is 0.0789. The second-order valence-corrected chi connectivity index (χ2v) is 7.07. The normalized spacial score (nSPS) is 24.9. The van der Waals surface area contributed by atoms with Crippen LogP contribution in [-0.4, -0.2) is 45.9 Å². The minimum atomic E-state index is 0.0789. The van der Waals surface area contributed by atoms with Gasteiger partial charge in [-0.15, -0.1) is 0 Å². The van der Waals surface area contributed by atoms with Crippen LogP contribution >= 0.6 is 0 Å². The van der Waals surface area contributed by atoms with E-state index in [4.69, 9.17) is 0 Å². The molecule has 2 aliphatic heterocycles. The number of carbonyl (C=O) groups is 1. The highest BCUT2D eigenvalue weighted by Gasteiger charge is 2.28. The van der Waals surface area contributed by atoms with Crippen LogP contribution in [0, 0.1) is 0 Å². The van der Waals surface area contributed by atoms with Crippen LogP contribution in [0.3, 0.4) is 0 Å². The van der Waals surface area contributed by atoms with Gasteiger partial charge in [0.1, 0.15) is 17.8 Å². The molecule has 5 nitrogen and oxygen atoms in total. The largest absolute Gasteiger partial charge is 0.354 e. The van der Waals surface area contributed by atoms with Gasteiger partial charge in [-0.05, 0) is 51.4 Å². The Morgan fingerprint density at radius 2 is 1.75 bits per heavy atom. The second-order valence-electron chi connectivity index (χ2n) is 7.07. The van der Waals surface area contributed by atoms with Gasteiger partial charge >= 0.3 is 0 Å². The van der Waals surface area contributed by atoms with Crippen molar-refractivity contribution in [3.8, 4) is 0 Å². The molecule has 3 rings (SSSR count). The van der Waals surface area contributed by atoms with Crippen molar-refractivity contribution < 1.29 is 4.79 Å². The van der Waals surface area contributed by atoms with E-state index in [1.54, 1.807) is 6.33 Å². The quantitative estimate of drug-likeness (QED) is 0.845. The predicted molar refractivity (Wildman–Crippen MR) is 96.3 cm³/mol. The monoisotopic (exact) mass is 330 g/mol. The number of nitrogens with zero attached hydrogens (tertiary/aromatic N) is 4. The summed E-state index contributed by atoms with van der Waals surface area (Å²) in [6, 6.07) is 2.82. The summed E-state index contributed by atoms with van der Waals surface area (Å²) in [5.41, 5.74) is 0.556. The molecule has 1 amide bonds. The first kappa shape index (κ1) is 17.2. The first-order valence-corrected chi connectivity index (χ1v) is 9.64. The Labute approximate surface area is 145 Å². The number of anilines is 1. The van der Waals surface area contributed by atoms with E-state index >= 15 is 0 Å². The number of carbonyl (C=O) groups excluding carboxylic acids is 1. The average Bonchev–Trinajstić information content (AvgIpc) is 2.67. The number of piperidine rings is 2. The molecule has 0 aliphatic carbocycles. The number of hydrogen-bond acceptors (Lipinski definition) is 4. The van der Waals surface area contributed by atoms with Gasteiger partial charge in [0, 0.05) is 31.2 Å². The molecule has 1 aromatic rings. The summed E-state index contributed by atoms with van der Waals surface area (Å²) in [6.45, 7) is 6.29. The molecule has 2 fully saturated rings. The number of rotatable bonds is 4. The fraction of sp³-hybridized carbons (Fsp3) is 0.737. The molecular formula is C19H30N4O. The Hall–Kier alpha value is -1.65. The van der Waals surface area contributed by atoms with Crippen LogP contribution in [0.15, 0.2) is 12.4 Å². The molecule has 0 bridgehead atoms. The number of aromatic nitrogens is 2. The fourth-order valence-corrected chi connectivity index (χ4v) is 4.19. The van der Waals surface area contributed by atoms with Gasteiger partial charge in [0.15, 0.2) is 0 Å². The van der Waals surface area contributed by atoms with Crippen LogP contribution < -0.4 is 4.90 Å². The molecular weight excluding hydrogens is 300 g/mol. The van der Waals surface area contributed by atoms with Crippen LogP contribution in [0.1, 0.15) is 75.7 Å². The number of amides is 1. The molecule has 24 heavy (non-hydrogen) atoms. The molecule has 0 radical (unpaired) electrons. The third-order valence-electron chi connectivity index (χ3n) is 5.62. The molecule has 2 saturated heterocycles. The first-order valence-electron chi connectivity index (χ1n) is 9.64. The van der Waals surface area contributed by atoms with Gasteiger partial charge in [0.2, 0.25) is 0 Å². The van der Waals surface area contributed by atoms with Crippen molar-refractivity contribution in [1.29, 1.82) is 0 Å². The molecule has 1 aromatic heterocycles. The van der Waals surface area contributed by atoms with Crippen LogP contribution in [0.25, 0.3) is 0 Å². The average molecular weight is 330 g/mol. The lowest BCUT2D eigenvalue weighted by Crippen LogP contribution is -2.44. The number of likely N-dealkylation sites (tertiary alicyclic amines) is 1. The van der Waals surface area contributed by atoms with Crippen molar-refractivity contribution in [2.45, 2.75) is 77.3 Å². The highest BCUT2D eigenvalue weighted by Crippen LogP contribution is 2.26. The van der Waals surface area contributed by atoms with Crippen molar-refractivity contribution in [1.82, 2.24) is 14.9 Å². The maximum absolute atomic E-state index is 13.0. The highest BCUT2D eigenvalue weighted by molar-refractivity contribution is 5.93. The smallest absolute Gasteiger partial charge is 0.272 e. The van der Waals surface area contributed by atoms with Crippen molar-refractivity contribution in [3.05, 3.63) is 18.1 Å². The van der Waals surface area contributed by atoms with Gasteiger partial charge in [-0.3, -0.25) is 4.79 Å². The standard InChI is InChI=1S/C19H30N4O/c1-3-15-9-5-7-11-22(15)18-13-17(20-14-21-18)19(24)23-12-8-6-10-16(23)4-2/h13-16H,3-12H2,1-2H3. The van der Waals surface area contributed by atoms with Crippen molar-refractivity contribution >= 4 is 11.7 Å². The highest BCUT2D eigenvalue weighted by atomic mass is 16.2. The summed E-state index contributed by atoms with van der Waals surface area (Å²) in [5.74, 6) is 1.00. The zero-order valence-corrected chi connectivity index (χ0v) is 15.1. The molecule has 132 valence electrons. The maximum atomic E-state index is 13.0. The Balaban J connectivity index is 1.80. The van der Waals surface area contributed by atoms with Gasteiger partial charge in [-0.25, -0.2) is 9.97 Å². The van der Waals surface area contributed by atoms with Crippen molar-refractivity contribution in [3.63, 3.8) is 0 Å². The zero-order valence-electron chi connectivity index (χ0n) is 15.1. The summed E-state index contributed by atoms with van der Waals surface area (Å²) in [7, 11) is 0. The van der Waals surface area contributed by atoms with Gasteiger partial charge in [0.05, 0.1) is 0 Å². The Morgan fingerprint density at radius 1 is 1.04 bits per heavy atom. The fourth-order valence-electron chi connectivity index (χ4n) is 4.19. The lowest BCUT2D eigenvalue weighted by Gasteiger charge is -2.37. The van der Waals surface area contributed by atoms with E-state index < -0.39 is 0 Å². The molecule has 2 atom stereocenters. The van der Waals surface area contributed by atoms with Gasteiger partial charge < -0.3 is 9.80 Å². The second kappa shape index (κ2) is 7.95. The van der Waals surface area contributed by atoms with Gasteiger partial charge in [-0.2, -0.15) is 0 Å². The summed E-state index contributed by atoms with van der Waals surface area (Å²) >= 11 is 0. The molecule has 0 spiro atoms. The molecule has 3 heterocycles. The first-order chi connectivity index (χ1) is 11.7. The van der Waals surface area contributed by atoms with E-state index in [1.807, 2.05) is 11.0 Å². The van der Waals surface area contributed by atoms with Crippen LogP contribution in [0.5, 0.6) is 0 Å². The van der Waals surface area contributed by atoms with Gasteiger partial charge in [0.25, 0.3) is 5.91 Å². The molecule has 0 N–H and O–H groups in total. The Kier molecular flexibility index (Phi) is 5.69. The van der Waals surface area contributed by atoms with Crippen molar-refractivity contribution in [2.75, 3.05) is 18.0 Å². The van der Waals surface area contributed by atoms with E-state index in [2.05, 4.69) is 28.7 Å². The summed E-state index contributed by atoms with van der Waals surface area (Å²) in [5, 5.41) is 0. The molecule has 5 heteroatoms. The third-order valence-corrected chi connectivity index (χ3v) is 5.62. The Bertz CT molecular complexity index is 562. The summed E-state index contributed by atoms with van der Waals surface area (Å²) in [4.78, 5) is 26.1. The molecule has 0 saturated carbocycles. The molecule has 2 unspecified atom stereocenters. The lowest BCUT2D eigenvalue weighted by atomic mass is 9.99. The van der Waals surface area contributed by atoms with Crippen LogP contribution in [-0.2, 0) is 0 Å². The maximum Gasteiger partial charge on any atom is 0.272 e. The third kappa shape index (κ3) is 3.55. The van der Waals surface area contributed by atoms with E-state index in [0.717, 1.165) is 44.6 Å². The van der Waals surface area contributed by atoms with E-state index in [0.29, 0.717) is 17.8 Å². The molecule has 2 aliphatic rings. The van der Waals surface area contributed by atoms with E-state index in [1.165, 1.54) is 25.7 Å². The van der Waals surface area contributed by atoms with Crippen LogP contribution in [0.2, 0.25) is 0 Å². The number of hydrogen-bond donors (Lipinski definition) is 0. The lowest BCUT2D eigenvalue weighted by molar-refractivity contribution is 0.0601. The van der Waals surface area contributed by atoms with Gasteiger partial charge in [-0.1, -0.05) is 13.8 Å². The summed E-state index contributed by atoms with van der Waals surface area (Å²) in [6.07, 6.45) is 10.9. The van der Waals surface area contributed by atoms with Crippen molar-refractivity contribution in [2.24, 2.45) is 0 Å². The van der Waals surface area contributed by atoms with E-state index in [9.17, 15) is 4.79 Å². The Morgan fingerprint density at radius 3 is 2.50 bits per heavy atom. The van der Waals surface area contributed by atoms with E-state index in [-0.39, 0.29) is 5.91 Å². The van der Waals surface area contributed by atoms with Crippen LogP contribution in [0.4, 0.5) is 5.82 Å². The topological polar surface area (TPSA) is 49.3 Å². The predicted octanol–water partition coefficient (Wildman–Crippen LogP) is 3.65. The molecule has 0 aromatic carbocycles. The minimum Gasteiger partial charge on any atom is -0.354 e.